The molecule has 2 aliphatic rings. The van der Waals surface area contributed by atoms with Crippen molar-refractivity contribution in [1.82, 2.24) is 24.7 Å². The van der Waals surface area contributed by atoms with Crippen LogP contribution in [-0.4, -0.2) is 36.8 Å². The van der Waals surface area contributed by atoms with Crippen molar-refractivity contribution in [2.24, 2.45) is 0 Å². The van der Waals surface area contributed by atoms with Gasteiger partial charge in [-0.2, -0.15) is 18.3 Å². The molecule has 0 radical (unpaired) electrons. The predicted octanol–water partition coefficient (Wildman–Crippen LogP) is 5.77. The smallest absolute Gasteiger partial charge is 0.417 e. The minimum atomic E-state index is -4.76. The third-order valence-electron chi connectivity index (χ3n) is 5.81. The molecule has 0 unspecified atom stereocenters. The Bertz CT molecular complexity index is 1690. The summed E-state index contributed by atoms with van der Waals surface area (Å²) in [7, 11) is 1.22. The highest BCUT2D eigenvalue weighted by Crippen LogP contribution is 2.39. The first kappa shape index (κ1) is 25.6. The van der Waals surface area contributed by atoms with Gasteiger partial charge in [0.25, 0.3) is 5.69 Å². The number of ether oxygens (including phenoxy) is 1. The van der Waals surface area contributed by atoms with Crippen LogP contribution in [0.1, 0.15) is 11.1 Å². The zero-order valence-electron chi connectivity index (χ0n) is 19.8. The van der Waals surface area contributed by atoms with Gasteiger partial charge in [0.15, 0.2) is 17.5 Å². The fourth-order valence-corrected chi connectivity index (χ4v) is 3.94. The number of halogens is 5. The molecule has 0 saturated carbocycles. The molecule has 9 nitrogen and oxygen atoms in total. The Balaban J connectivity index is 1.50. The molecular formula is C25H15F5N6O3. The van der Waals surface area contributed by atoms with Crippen molar-refractivity contribution in [2.45, 2.75) is 12.7 Å². The summed E-state index contributed by atoms with van der Waals surface area (Å²) < 4.78 is 75.0. The molecule has 0 fully saturated rings. The first-order valence-corrected chi connectivity index (χ1v) is 11.1. The molecular weight excluding hydrogens is 527 g/mol. The molecule has 198 valence electrons. The van der Waals surface area contributed by atoms with Crippen molar-refractivity contribution in [3.05, 3.63) is 93.9 Å². The van der Waals surface area contributed by atoms with Crippen molar-refractivity contribution >= 4 is 5.69 Å². The average molecular weight is 542 g/mol. The molecule has 3 heterocycles. The molecule has 1 aromatic heterocycles. The average Bonchev–Trinajstić information content (AvgIpc) is 3.32. The fourth-order valence-electron chi connectivity index (χ4n) is 3.94. The molecule has 0 amide bonds. The molecule has 0 atom stereocenters. The van der Waals surface area contributed by atoms with Gasteiger partial charge in [0.1, 0.15) is 17.1 Å². The zero-order valence-corrected chi connectivity index (χ0v) is 19.8. The minimum Gasteiger partial charge on any atom is -0.497 e. The van der Waals surface area contributed by atoms with E-state index in [1.54, 1.807) is 0 Å². The van der Waals surface area contributed by atoms with Crippen LogP contribution in [0.25, 0.3) is 34.0 Å². The van der Waals surface area contributed by atoms with Gasteiger partial charge in [0.2, 0.25) is 0 Å². The highest BCUT2D eigenvalue weighted by Gasteiger charge is 2.35. The molecule has 0 saturated heterocycles. The monoisotopic (exact) mass is 542 g/mol. The summed E-state index contributed by atoms with van der Waals surface area (Å²) in [6, 6.07) is 7.76. The van der Waals surface area contributed by atoms with E-state index in [1.165, 1.54) is 42.4 Å². The molecule has 3 aromatic rings. The number of alkyl halides is 3. The van der Waals surface area contributed by atoms with Gasteiger partial charge in [-0.3, -0.25) is 19.8 Å². The SMILES string of the molecule is COc1ccc(-c2cc([N+](=O)[O-])c(Cn3cc4nc(-c5cccc(F)c5F)nc-4cn3)cn2)c(C(F)(F)F)c1. The van der Waals surface area contributed by atoms with E-state index < -0.39 is 34.0 Å². The number of imidazole rings is 1. The van der Waals surface area contributed by atoms with Crippen LogP contribution >= 0.6 is 0 Å². The van der Waals surface area contributed by atoms with Crippen LogP contribution in [0.5, 0.6) is 5.75 Å². The normalized spacial score (nSPS) is 11.6. The second-order valence-electron chi connectivity index (χ2n) is 8.25. The van der Waals surface area contributed by atoms with E-state index >= 15 is 0 Å². The Morgan fingerprint density at radius 1 is 1.00 bits per heavy atom. The summed E-state index contributed by atoms with van der Waals surface area (Å²) in [5, 5.41) is 16.0. The highest BCUT2D eigenvalue weighted by molar-refractivity contribution is 5.69. The van der Waals surface area contributed by atoms with E-state index in [2.05, 4.69) is 20.1 Å². The van der Waals surface area contributed by atoms with Crippen LogP contribution in [0.2, 0.25) is 0 Å². The molecule has 39 heavy (non-hydrogen) atoms. The summed E-state index contributed by atoms with van der Waals surface area (Å²) in [6.07, 6.45) is -0.974. The molecule has 5 rings (SSSR count). The predicted molar refractivity (Wildman–Crippen MR) is 127 cm³/mol. The third-order valence-corrected chi connectivity index (χ3v) is 5.81. The van der Waals surface area contributed by atoms with Gasteiger partial charge in [0.05, 0.1) is 53.4 Å². The van der Waals surface area contributed by atoms with Crippen molar-refractivity contribution < 1.29 is 31.6 Å². The molecule has 0 N–H and O–H groups in total. The lowest BCUT2D eigenvalue weighted by atomic mass is 10.0. The van der Waals surface area contributed by atoms with Gasteiger partial charge in [-0.05, 0) is 30.3 Å². The number of pyridine rings is 1. The quantitative estimate of drug-likeness (QED) is 0.152. The molecule has 14 heteroatoms. The van der Waals surface area contributed by atoms with Crippen molar-refractivity contribution in [2.75, 3.05) is 7.11 Å². The maximum atomic E-state index is 14.2. The summed E-state index contributed by atoms with van der Waals surface area (Å²) >= 11 is 0. The van der Waals surface area contributed by atoms with Gasteiger partial charge in [0, 0.05) is 17.8 Å². The Morgan fingerprint density at radius 2 is 1.77 bits per heavy atom. The van der Waals surface area contributed by atoms with Crippen molar-refractivity contribution in [1.29, 1.82) is 0 Å². The van der Waals surface area contributed by atoms with Gasteiger partial charge in [-0.1, -0.05) is 6.07 Å². The third kappa shape index (κ3) is 4.95. The largest absolute Gasteiger partial charge is 0.497 e. The van der Waals surface area contributed by atoms with Crippen LogP contribution in [-0.2, 0) is 12.7 Å². The summed E-state index contributed by atoms with van der Waals surface area (Å²) in [4.78, 5) is 23.5. The van der Waals surface area contributed by atoms with Crippen LogP contribution in [0.3, 0.4) is 0 Å². The second kappa shape index (κ2) is 9.70. The first-order chi connectivity index (χ1) is 18.5. The number of hydrogen-bond donors (Lipinski definition) is 0. The number of fused-ring (bicyclic) bond motifs is 1. The Kier molecular flexibility index (Phi) is 6.38. The number of benzene rings is 2. The molecule has 0 spiro atoms. The van der Waals surface area contributed by atoms with Gasteiger partial charge in [-0.15, -0.1) is 0 Å². The molecule has 0 aliphatic carbocycles. The number of rotatable bonds is 6. The second-order valence-corrected chi connectivity index (χ2v) is 8.25. The van der Waals surface area contributed by atoms with Crippen molar-refractivity contribution in [3.8, 4) is 39.8 Å². The van der Waals surface area contributed by atoms with Gasteiger partial charge in [-0.25, -0.2) is 18.7 Å². The number of hydrogen-bond acceptors (Lipinski definition) is 7. The van der Waals surface area contributed by atoms with E-state index in [0.29, 0.717) is 0 Å². The van der Waals surface area contributed by atoms with Crippen LogP contribution in [0.4, 0.5) is 27.6 Å². The van der Waals surface area contributed by atoms with Gasteiger partial charge >= 0.3 is 6.18 Å². The summed E-state index contributed by atoms with van der Waals surface area (Å²) in [5.41, 5.74) is -1.71. The Hall–Kier alpha value is -5.01. The van der Waals surface area contributed by atoms with E-state index in [0.717, 1.165) is 30.5 Å². The first-order valence-electron chi connectivity index (χ1n) is 11.1. The van der Waals surface area contributed by atoms with E-state index in [-0.39, 0.29) is 51.9 Å². The topological polar surface area (TPSA) is 109 Å². The Labute approximate surface area is 216 Å². The van der Waals surface area contributed by atoms with Gasteiger partial charge < -0.3 is 4.74 Å². The van der Waals surface area contributed by atoms with E-state index in [9.17, 15) is 32.1 Å². The lowest BCUT2D eigenvalue weighted by Gasteiger charge is -2.14. The van der Waals surface area contributed by atoms with Crippen LogP contribution in [0, 0.1) is 21.7 Å². The number of nitro groups is 1. The minimum absolute atomic E-state index is 0.0334. The van der Waals surface area contributed by atoms with Crippen LogP contribution < -0.4 is 4.74 Å². The lowest BCUT2D eigenvalue weighted by Crippen LogP contribution is -2.10. The molecule has 0 bridgehead atoms. The number of nitrogens with zero attached hydrogens (tertiary/aromatic N) is 6. The molecule has 2 aromatic carbocycles. The zero-order chi connectivity index (χ0) is 27.9. The van der Waals surface area contributed by atoms with Crippen molar-refractivity contribution in [3.63, 3.8) is 0 Å². The number of aromatic nitrogens is 5. The fraction of sp³-hybridized carbons (Fsp3) is 0.120. The molecule has 2 aliphatic heterocycles. The van der Waals surface area contributed by atoms with E-state index in [4.69, 9.17) is 4.74 Å². The highest BCUT2D eigenvalue weighted by atomic mass is 19.4. The standard InChI is InChI=1S/C25H15F5N6O3/c1-39-14-5-6-15(17(7-14)25(28,29)30)19-8-22(36(37)38)13(9-31-19)11-35-12-21-20(10-32-35)33-24(34-21)16-3-2-4-18(26)23(16)27/h2-10,12H,11H2,1H3. The number of methoxy groups -OCH3 is 1. The Morgan fingerprint density at radius 3 is 2.49 bits per heavy atom. The summed E-state index contributed by atoms with van der Waals surface area (Å²) in [5.74, 6) is -2.27. The summed E-state index contributed by atoms with van der Waals surface area (Å²) in [6.45, 7) is -0.190. The maximum absolute atomic E-state index is 14.2. The van der Waals surface area contributed by atoms with E-state index in [1.807, 2.05) is 0 Å². The lowest BCUT2D eigenvalue weighted by molar-refractivity contribution is -0.385. The van der Waals surface area contributed by atoms with Crippen LogP contribution in [0.15, 0.2) is 61.1 Å². The maximum Gasteiger partial charge on any atom is 0.417 e.